The Kier molecular flexibility index (Phi) is 14.0. The van der Waals surface area contributed by atoms with E-state index < -0.39 is 60.3 Å². The molecular weight excluding hydrogens is 651 g/mol. The summed E-state index contributed by atoms with van der Waals surface area (Å²) in [7, 11) is -4.28. The summed E-state index contributed by atoms with van der Waals surface area (Å²) < 4.78 is 57.3. The van der Waals surface area contributed by atoms with Gasteiger partial charge >= 0.3 is 17.1 Å². The van der Waals surface area contributed by atoms with Crippen molar-refractivity contribution in [2.45, 2.75) is 76.3 Å². The number of methoxy groups -OCH3 is 1. The molecule has 10 nitrogen and oxygen atoms in total. The van der Waals surface area contributed by atoms with Crippen LogP contribution in [0.15, 0.2) is 47.4 Å². The van der Waals surface area contributed by atoms with Crippen LogP contribution in [0, 0.1) is 0 Å². The third-order valence-corrected chi connectivity index (χ3v) is 20.3. The third kappa shape index (κ3) is 15.1. The summed E-state index contributed by atoms with van der Waals surface area (Å²) in [5.74, 6) is -1.26. The molecule has 1 unspecified atom stereocenters. The van der Waals surface area contributed by atoms with Gasteiger partial charge in [0.2, 0.25) is 0 Å². The number of benzene rings is 2. The van der Waals surface area contributed by atoms with Crippen molar-refractivity contribution in [2.24, 2.45) is 0 Å². The molecule has 0 aliphatic rings. The van der Waals surface area contributed by atoms with Crippen LogP contribution in [0.2, 0.25) is 65.0 Å². The lowest BCUT2D eigenvalue weighted by atomic mass is 10.0. The zero-order valence-electron chi connectivity index (χ0n) is 28.8. The molecule has 0 radical (unpaired) electrons. The summed E-state index contributed by atoms with van der Waals surface area (Å²) >= 11 is 0. The molecule has 2 aromatic rings. The first kappa shape index (κ1) is 40.4. The fraction of sp³-hybridized carbons (Fsp3) is 0.552. The van der Waals surface area contributed by atoms with E-state index in [1.807, 2.05) is 0 Å². The second-order valence-electron chi connectivity index (χ2n) is 14.4. The molecule has 0 fully saturated rings. The SMILES string of the molecule is COc1cc(O)c(C(=O)c2ccccc2)cc1S(=O)(=O)O.C[N+](C)(C)CCC[Si](C)(O[Si](C)(C)C)O[Si](C)(C)O[Si](C)(C)C. The van der Waals surface area contributed by atoms with E-state index in [-0.39, 0.29) is 16.9 Å². The molecule has 15 heteroatoms. The van der Waals surface area contributed by atoms with Crippen LogP contribution in [0.5, 0.6) is 11.5 Å². The second-order valence-corrected chi connectivity index (χ2v) is 32.2. The summed E-state index contributed by atoms with van der Waals surface area (Å²) in [6.45, 7) is 21.3. The molecule has 0 saturated carbocycles. The Bertz CT molecular complexity index is 1350. The summed E-state index contributed by atoms with van der Waals surface area (Å²) in [6, 6.07) is 11.0. The van der Waals surface area contributed by atoms with Crippen LogP contribution in [-0.2, 0) is 22.5 Å². The number of aromatic hydroxyl groups is 1. The van der Waals surface area contributed by atoms with Crippen LogP contribution >= 0.6 is 0 Å². The van der Waals surface area contributed by atoms with Crippen molar-refractivity contribution in [3.8, 4) is 11.5 Å². The summed E-state index contributed by atoms with van der Waals surface area (Å²) in [5, 5.41) is 9.87. The lowest BCUT2D eigenvalue weighted by molar-refractivity contribution is -0.870. The highest BCUT2D eigenvalue weighted by molar-refractivity contribution is 7.86. The lowest BCUT2D eigenvalue weighted by Crippen LogP contribution is -2.57. The number of ketones is 1. The lowest BCUT2D eigenvalue weighted by Gasteiger charge is -2.41. The highest BCUT2D eigenvalue weighted by atomic mass is 32.2. The van der Waals surface area contributed by atoms with Gasteiger partial charge in [-0.2, -0.15) is 8.42 Å². The fourth-order valence-corrected chi connectivity index (χ4v) is 23.4. The summed E-state index contributed by atoms with van der Waals surface area (Å²) in [6.07, 6.45) is 1.15. The molecule has 0 heterocycles. The van der Waals surface area contributed by atoms with E-state index in [1.54, 1.807) is 18.2 Å². The van der Waals surface area contributed by atoms with E-state index in [4.69, 9.17) is 21.6 Å². The average molecular weight is 705 g/mol. The molecule has 0 amide bonds. The van der Waals surface area contributed by atoms with E-state index in [9.17, 15) is 18.3 Å². The minimum atomic E-state index is -4.59. The number of rotatable bonds is 14. The molecule has 2 N–H and O–H groups in total. The number of phenolic OH excluding ortho intramolecular Hbond substituents is 1. The van der Waals surface area contributed by atoms with Gasteiger partial charge in [0.05, 0.1) is 40.4 Å². The van der Waals surface area contributed by atoms with Gasteiger partial charge in [0.1, 0.15) is 16.4 Å². The third-order valence-electron chi connectivity index (χ3n) is 5.84. The van der Waals surface area contributed by atoms with Crippen LogP contribution in [0.3, 0.4) is 0 Å². The van der Waals surface area contributed by atoms with E-state index in [0.29, 0.717) is 0 Å². The fourth-order valence-electron chi connectivity index (χ4n) is 4.76. The molecule has 0 bridgehead atoms. The van der Waals surface area contributed by atoms with Crippen molar-refractivity contribution in [3.05, 3.63) is 53.6 Å². The van der Waals surface area contributed by atoms with E-state index in [2.05, 4.69) is 80.1 Å². The molecule has 44 heavy (non-hydrogen) atoms. The van der Waals surface area contributed by atoms with Gasteiger partial charge in [-0.3, -0.25) is 9.35 Å². The molecule has 0 aliphatic carbocycles. The Morgan fingerprint density at radius 1 is 0.841 bits per heavy atom. The van der Waals surface area contributed by atoms with Gasteiger partial charge < -0.3 is 26.7 Å². The molecular formula is C29H54NO9SSi4+. The van der Waals surface area contributed by atoms with Crippen molar-refractivity contribution in [3.63, 3.8) is 0 Å². The van der Waals surface area contributed by atoms with Gasteiger partial charge in [-0.1, -0.05) is 30.3 Å². The van der Waals surface area contributed by atoms with Gasteiger partial charge in [0, 0.05) is 11.6 Å². The van der Waals surface area contributed by atoms with Crippen LogP contribution in [0.25, 0.3) is 0 Å². The van der Waals surface area contributed by atoms with E-state index in [0.717, 1.165) is 35.6 Å². The number of ether oxygens (including phenoxy) is 1. The highest BCUT2D eigenvalue weighted by Gasteiger charge is 2.44. The quantitative estimate of drug-likeness (QED) is 0.0986. The molecule has 250 valence electrons. The minimum Gasteiger partial charge on any atom is -0.507 e. The van der Waals surface area contributed by atoms with Crippen molar-refractivity contribution in [2.75, 3.05) is 34.8 Å². The van der Waals surface area contributed by atoms with E-state index >= 15 is 0 Å². The van der Waals surface area contributed by atoms with Crippen LogP contribution in [0.4, 0.5) is 0 Å². The number of quaternary nitrogens is 1. The van der Waals surface area contributed by atoms with Crippen molar-refractivity contribution >= 4 is 49.7 Å². The van der Waals surface area contributed by atoms with Gasteiger partial charge in [0.25, 0.3) is 10.1 Å². The number of carbonyl (C=O) groups excluding carboxylic acids is 1. The molecule has 2 aromatic carbocycles. The first-order valence-corrected chi connectivity index (χ1v) is 28.2. The summed E-state index contributed by atoms with van der Waals surface area (Å²) in [4.78, 5) is 11.7. The minimum absolute atomic E-state index is 0.241. The number of phenols is 1. The molecule has 1 atom stereocenters. The standard InChI is InChI=1S/C15H42NO3Si4.C14H12O6S/c1-16(2,3)14-13-15-23(12,18-21(7,8)9)19-22(10,11)17-20(4,5)6;1-20-12-8-11(15)10(7-13(12)21(17,18)19)14(16)9-5-3-2-4-6-9/h13-15H2,1-12H3;2-8,15H,1H3,(H,17,18,19)/q+1;. The van der Waals surface area contributed by atoms with E-state index in [1.165, 1.54) is 19.2 Å². The number of carbonyl (C=O) groups is 1. The Labute approximate surface area is 269 Å². The second kappa shape index (κ2) is 15.3. The molecule has 0 aliphatic heterocycles. The summed E-state index contributed by atoms with van der Waals surface area (Å²) in [5.41, 5.74) is 0.0360. The maximum atomic E-state index is 12.3. The zero-order chi connectivity index (χ0) is 34.4. The normalized spacial score (nSPS) is 14.3. The Hall–Kier alpha value is -1.67. The highest BCUT2D eigenvalue weighted by Crippen LogP contribution is 2.33. The first-order chi connectivity index (χ1) is 19.7. The molecule has 0 saturated heterocycles. The van der Waals surface area contributed by atoms with Gasteiger partial charge in [-0.05, 0) is 77.5 Å². The van der Waals surface area contributed by atoms with Crippen LogP contribution in [0.1, 0.15) is 22.3 Å². The van der Waals surface area contributed by atoms with Gasteiger partial charge in [0.15, 0.2) is 22.4 Å². The largest absolute Gasteiger partial charge is 0.507 e. The number of nitrogens with zero attached hydrogens (tertiary/aromatic N) is 1. The Balaban J connectivity index is 0.000000441. The topological polar surface area (TPSA) is 129 Å². The van der Waals surface area contributed by atoms with Crippen molar-refractivity contribution in [1.29, 1.82) is 0 Å². The maximum Gasteiger partial charge on any atom is 0.316 e. The molecule has 2 rings (SSSR count). The van der Waals surface area contributed by atoms with Gasteiger partial charge in [-0.25, -0.2) is 0 Å². The molecule has 0 spiro atoms. The van der Waals surface area contributed by atoms with Gasteiger partial charge in [-0.15, -0.1) is 0 Å². The van der Waals surface area contributed by atoms with Crippen LogP contribution in [-0.4, -0.2) is 96.9 Å². The zero-order valence-corrected chi connectivity index (χ0v) is 33.6. The van der Waals surface area contributed by atoms with Crippen LogP contribution < -0.4 is 4.74 Å². The predicted molar refractivity (Wildman–Crippen MR) is 186 cm³/mol. The number of hydrogen-bond donors (Lipinski definition) is 2. The Morgan fingerprint density at radius 3 is 1.80 bits per heavy atom. The maximum absolute atomic E-state index is 12.3. The van der Waals surface area contributed by atoms with Crippen molar-refractivity contribution < 1.29 is 44.4 Å². The Morgan fingerprint density at radius 2 is 1.36 bits per heavy atom. The smallest absolute Gasteiger partial charge is 0.316 e. The van der Waals surface area contributed by atoms with Crippen molar-refractivity contribution in [1.82, 2.24) is 0 Å². The molecule has 0 aromatic heterocycles. The predicted octanol–water partition coefficient (Wildman–Crippen LogP) is 6.45. The number of hydrogen-bond acceptors (Lipinski definition) is 8. The average Bonchev–Trinajstić information content (AvgIpc) is 2.79. The monoisotopic (exact) mass is 704 g/mol. The first-order valence-electron chi connectivity index (χ1n) is 14.6.